The molecule has 2 N–H and O–H groups in total. The smallest absolute Gasteiger partial charge is 0.324 e. The Labute approximate surface area is 96.6 Å². The van der Waals surface area contributed by atoms with Crippen molar-refractivity contribution in [3.05, 3.63) is 35.1 Å². The summed E-state index contributed by atoms with van der Waals surface area (Å²) in [5.74, 6) is -0.515. The van der Waals surface area contributed by atoms with E-state index in [1.165, 1.54) is 0 Å². The van der Waals surface area contributed by atoms with E-state index in [0.29, 0.717) is 12.3 Å². The molecule has 0 spiro atoms. The van der Waals surface area contributed by atoms with E-state index in [1.54, 1.807) is 0 Å². The van der Waals surface area contributed by atoms with Crippen LogP contribution in [-0.2, 0) is 6.18 Å². The molecule has 0 saturated heterocycles. The molecule has 1 aliphatic rings. The minimum absolute atomic E-state index is 0.352. The standard InChI is InChI=1S/C12H13F4N/c13-9-3-1-2-8(12(14,15)16)11(9)10(17)6-7-4-5-7/h1-3,7,10H,4-6,17H2/t10-/m1/s1. The SMILES string of the molecule is N[C@H](CC1CC1)c1c(F)cccc1C(F)(F)F. The highest BCUT2D eigenvalue weighted by Gasteiger charge is 2.37. The molecule has 0 aromatic heterocycles. The predicted octanol–water partition coefficient (Wildman–Crippen LogP) is 3.64. The minimum Gasteiger partial charge on any atom is -0.324 e. The summed E-state index contributed by atoms with van der Waals surface area (Å²) in [4.78, 5) is 0. The maximum Gasteiger partial charge on any atom is 0.416 e. The van der Waals surface area contributed by atoms with E-state index in [4.69, 9.17) is 5.73 Å². The van der Waals surface area contributed by atoms with Crippen LogP contribution in [0.15, 0.2) is 18.2 Å². The van der Waals surface area contributed by atoms with Gasteiger partial charge < -0.3 is 5.73 Å². The molecule has 5 heteroatoms. The molecule has 1 atom stereocenters. The fourth-order valence-corrected chi connectivity index (χ4v) is 1.99. The Kier molecular flexibility index (Phi) is 3.12. The first-order valence-electron chi connectivity index (χ1n) is 5.50. The lowest BCUT2D eigenvalue weighted by atomic mass is 9.96. The molecule has 1 aliphatic carbocycles. The molecule has 94 valence electrons. The topological polar surface area (TPSA) is 26.0 Å². The molecular formula is C12H13F4N. The maximum atomic E-state index is 13.5. The summed E-state index contributed by atoms with van der Waals surface area (Å²) in [7, 11) is 0. The molecule has 0 radical (unpaired) electrons. The van der Waals surface area contributed by atoms with E-state index in [2.05, 4.69) is 0 Å². The van der Waals surface area contributed by atoms with E-state index >= 15 is 0 Å². The maximum absolute atomic E-state index is 13.5. The summed E-state index contributed by atoms with van der Waals surface area (Å²) in [5, 5.41) is 0. The van der Waals surface area contributed by atoms with E-state index in [9.17, 15) is 17.6 Å². The highest BCUT2D eigenvalue weighted by molar-refractivity contribution is 5.33. The first-order valence-corrected chi connectivity index (χ1v) is 5.50. The van der Waals surface area contributed by atoms with Gasteiger partial charge in [0.05, 0.1) is 5.56 Å². The van der Waals surface area contributed by atoms with Gasteiger partial charge in [-0.2, -0.15) is 13.2 Å². The van der Waals surface area contributed by atoms with Gasteiger partial charge >= 0.3 is 6.18 Å². The van der Waals surface area contributed by atoms with Gasteiger partial charge in [-0.25, -0.2) is 4.39 Å². The van der Waals surface area contributed by atoms with Crippen LogP contribution in [0, 0.1) is 11.7 Å². The molecule has 1 aromatic carbocycles. The van der Waals surface area contributed by atoms with Gasteiger partial charge in [-0.1, -0.05) is 18.9 Å². The number of alkyl halides is 3. The van der Waals surface area contributed by atoms with Crippen LogP contribution in [0.25, 0.3) is 0 Å². The molecule has 2 rings (SSSR count). The number of benzene rings is 1. The summed E-state index contributed by atoms with van der Waals surface area (Å²) in [6.07, 6.45) is -2.18. The average Bonchev–Trinajstić information content (AvgIpc) is 2.99. The Balaban J connectivity index is 2.35. The van der Waals surface area contributed by atoms with Gasteiger partial charge in [-0.3, -0.25) is 0 Å². The predicted molar refractivity (Wildman–Crippen MR) is 55.7 cm³/mol. The highest BCUT2D eigenvalue weighted by Crippen LogP contribution is 2.41. The van der Waals surface area contributed by atoms with Crippen LogP contribution in [0.2, 0.25) is 0 Å². The fourth-order valence-electron chi connectivity index (χ4n) is 1.99. The van der Waals surface area contributed by atoms with Gasteiger partial charge in [0.25, 0.3) is 0 Å². The summed E-state index contributed by atoms with van der Waals surface area (Å²) in [6.45, 7) is 0. The molecule has 1 nitrogen and oxygen atoms in total. The first-order chi connectivity index (χ1) is 7.89. The average molecular weight is 247 g/mol. The first kappa shape index (κ1) is 12.4. The Bertz CT molecular complexity index is 409. The van der Waals surface area contributed by atoms with Gasteiger partial charge in [0.2, 0.25) is 0 Å². The zero-order valence-electron chi connectivity index (χ0n) is 9.10. The number of nitrogens with two attached hydrogens (primary N) is 1. The lowest BCUT2D eigenvalue weighted by molar-refractivity contribution is -0.138. The van der Waals surface area contributed by atoms with Crippen molar-refractivity contribution in [3.8, 4) is 0 Å². The molecule has 0 amide bonds. The number of halogens is 4. The van der Waals surface area contributed by atoms with Crippen LogP contribution >= 0.6 is 0 Å². The Morgan fingerprint density at radius 3 is 2.47 bits per heavy atom. The van der Waals surface area contributed by atoms with Crippen molar-refractivity contribution in [1.29, 1.82) is 0 Å². The van der Waals surface area contributed by atoms with Crippen LogP contribution in [-0.4, -0.2) is 0 Å². The zero-order chi connectivity index (χ0) is 12.6. The second-order valence-electron chi connectivity index (χ2n) is 4.48. The molecule has 0 bridgehead atoms. The van der Waals surface area contributed by atoms with Crippen LogP contribution in [0.4, 0.5) is 17.6 Å². The zero-order valence-corrected chi connectivity index (χ0v) is 9.10. The van der Waals surface area contributed by atoms with Crippen LogP contribution in [0.1, 0.15) is 36.4 Å². The second-order valence-corrected chi connectivity index (χ2v) is 4.48. The quantitative estimate of drug-likeness (QED) is 0.811. The number of hydrogen-bond acceptors (Lipinski definition) is 1. The van der Waals surface area contributed by atoms with Crippen LogP contribution in [0.5, 0.6) is 0 Å². The van der Waals surface area contributed by atoms with Gasteiger partial charge in [-0.05, 0) is 24.5 Å². The Morgan fingerprint density at radius 2 is 1.94 bits per heavy atom. The number of hydrogen-bond donors (Lipinski definition) is 1. The molecular weight excluding hydrogens is 234 g/mol. The third-order valence-corrected chi connectivity index (χ3v) is 3.01. The summed E-state index contributed by atoms with van der Waals surface area (Å²) in [5.41, 5.74) is 4.34. The summed E-state index contributed by atoms with van der Waals surface area (Å²) < 4.78 is 51.7. The van der Waals surface area contributed by atoms with Crippen molar-refractivity contribution >= 4 is 0 Å². The number of rotatable bonds is 3. The lowest BCUT2D eigenvalue weighted by Crippen LogP contribution is -2.19. The summed E-state index contributed by atoms with van der Waals surface area (Å²) >= 11 is 0. The summed E-state index contributed by atoms with van der Waals surface area (Å²) in [6, 6.07) is 2.09. The van der Waals surface area contributed by atoms with Gasteiger partial charge in [0.1, 0.15) is 5.82 Å². The third-order valence-electron chi connectivity index (χ3n) is 3.01. The van der Waals surface area contributed by atoms with Crippen molar-refractivity contribution in [1.82, 2.24) is 0 Å². The normalized spacial score (nSPS) is 18.2. The Morgan fingerprint density at radius 1 is 1.29 bits per heavy atom. The van der Waals surface area contributed by atoms with Gasteiger partial charge in [-0.15, -0.1) is 0 Å². The second kappa shape index (κ2) is 4.29. The molecule has 0 unspecified atom stereocenters. The van der Waals surface area contributed by atoms with Crippen molar-refractivity contribution in [3.63, 3.8) is 0 Å². The van der Waals surface area contributed by atoms with E-state index in [1.807, 2.05) is 0 Å². The molecule has 0 heterocycles. The van der Waals surface area contributed by atoms with Crippen LogP contribution < -0.4 is 5.73 Å². The van der Waals surface area contributed by atoms with Crippen molar-refractivity contribution in [2.24, 2.45) is 11.7 Å². The van der Waals surface area contributed by atoms with Crippen LogP contribution in [0.3, 0.4) is 0 Å². The van der Waals surface area contributed by atoms with E-state index in [0.717, 1.165) is 31.0 Å². The van der Waals surface area contributed by atoms with Crippen molar-refractivity contribution in [2.45, 2.75) is 31.5 Å². The molecule has 1 saturated carbocycles. The van der Waals surface area contributed by atoms with E-state index < -0.39 is 29.2 Å². The minimum atomic E-state index is -4.56. The lowest BCUT2D eigenvalue weighted by Gasteiger charge is -2.18. The highest BCUT2D eigenvalue weighted by atomic mass is 19.4. The Hall–Kier alpha value is -1.10. The third kappa shape index (κ3) is 2.77. The largest absolute Gasteiger partial charge is 0.416 e. The molecule has 1 fully saturated rings. The fraction of sp³-hybridized carbons (Fsp3) is 0.500. The van der Waals surface area contributed by atoms with Crippen molar-refractivity contribution < 1.29 is 17.6 Å². The molecule has 17 heavy (non-hydrogen) atoms. The van der Waals surface area contributed by atoms with Gasteiger partial charge in [0.15, 0.2) is 0 Å². The monoisotopic (exact) mass is 247 g/mol. The molecule has 0 aliphatic heterocycles. The van der Waals surface area contributed by atoms with E-state index in [-0.39, 0.29) is 0 Å². The van der Waals surface area contributed by atoms with Gasteiger partial charge in [0, 0.05) is 11.6 Å². The molecule has 1 aromatic rings. The van der Waals surface area contributed by atoms with Crippen molar-refractivity contribution in [2.75, 3.05) is 0 Å².